The summed E-state index contributed by atoms with van der Waals surface area (Å²) >= 11 is 0. The van der Waals surface area contributed by atoms with E-state index in [1.54, 1.807) is 0 Å². The average Bonchev–Trinajstić information content (AvgIpc) is 2.12. The van der Waals surface area contributed by atoms with Crippen molar-refractivity contribution in [1.29, 1.82) is 0 Å². The van der Waals surface area contributed by atoms with E-state index in [0.717, 1.165) is 6.54 Å². The van der Waals surface area contributed by atoms with Crippen molar-refractivity contribution in [3.8, 4) is 0 Å². The highest BCUT2D eigenvalue weighted by Gasteiger charge is 2.20. The van der Waals surface area contributed by atoms with E-state index in [1.165, 1.54) is 12.1 Å². The highest BCUT2D eigenvalue weighted by molar-refractivity contribution is 5.09. The highest BCUT2D eigenvalue weighted by atomic mass is 15.3. The Hall–Kier alpha value is -0.830. The van der Waals surface area contributed by atoms with Gasteiger partial charge >= 0.3 is 0 Å². The summed E-state index contributed by atoms with van der Waals surface area (Å²) in [6, 6.07) is 2.63. The fraction of sp³-hybridized carbons (Fsp3) is 0.571. The van der Waals surface area contributed by atoms with Gasteiger partial charge in [-0.2, -0.15) is 5.10 Å². The summed E-state index contributed by atoms with van der Waals surface area (Å²) in [4.78, 5) is 0. The van der Waals surface area contributed by atoms with Crippen molar-refractivity contribution in [2.45, 2.75) is 12.5 Å². The number of rotatable bonds is 1. The van der Waals surface area contributed by atoms with Gasteiger partial charge in [0.1, 0.15) is 0 Å². The van der Waals surface area contributed by atoms with Gasteiger partial charge in [0.15, 0.2) is 0 Å². The quantitative estimate of drug-likeness (QED) is 0.609. The molecule has 1 N–H and O–H groups in total. The molecule has 1 unspecified atom stereocenters. The standard InChI is InChI=1S/C7H11N3/c1-10-7(3-5-9-10)6-2-4-8-6/h3,5-6,8H,2,4H2,1H3. The van der Waals surface area contributed by atoms with Crippen LogP contribution in [0.5, 0.6) is 0 Å². The second-order valence-electron chi connectivity index (χ2n) is 2.68. The summed E-state index contributed by atoms with van der Waals surface area (Å²) in [6.45, 7) is 1.15. The van der Waals surface area contributed by atoms with Crippen LogP contribution >= 0.6 is 0 Å². The first-order chi connectivity index (χ1) is 4.88. The zero-order valence-electron chi connectivity index (χ0n) is 6.04. The molecule has 0 aromatic carbocycles. The summed E-state index contributed by atoms with van der Waals surface area (Å²) < 4.78 is 1.93. The number of aryl methyl sites for hydroxylation is 1. The molecule has 1 aliphatic rings. The zero-order chi connectivity index (χ0) is 6.97. The van der Waals surface area contributed by atoms with E-state index in [0.29, 0.717) is 6.04 Å². The van der Waals surface area contributed by atoms with Gasteiger partial charge in [-0.15, -0.1) is 0 Å². The van der Waals surface area contributed by atoms with E-state index in [-0.39, 0.29) is 0 Å². The van der Waals surface area contributed by atoms with Crippen molar-refractivity contribution in [2.24, 2.45) is 7.05 Å². The summed E-state index contributed by atoms with van der Waals surface area (Å²) in [6.07, 6.45) is 3.09. The van der Waals surface area contributed by atoms with E-state index in [4.69, 9.17) is 0 Å². The Balaban J connectivity index is 2.23. The van der Waals surface area contributed by atoms with E-state index in [1.807, 2.05) is 17.9 Å². The van der Waals surface area contributed by atoms with E-state index in [9.17, 15) is 0 Å². The Kier molecular flexibility index (Phi) is 1.24. The first kappa shape index (κ1) is 5.92. The van der Waals surface area contributed by atoms with Gasteiger partial charge in [-0.05, 0) is 19.0 Å². The Morgan fingerprint density at radius 1 is 1.80 bits per heavy atom. The minimum atomic E-state index is 0.562. The second-order valence-corrected chi connectivity index (χ2v) is 2.68. The molecule has 0 radical (unpaired) electrons. The molecular formula is C7H11N3. The third-order valence-corrected chi connectivity index (χ3v) is 2.04. The molecule has 10 heavy (non-hydrogen) atoms. The predicted molar refractivity (Wildman–Crippen MR) is 38.6 cm³/mol. The Labute approximate surface area is 60.0 Å². The lowest BCUT2D eigenvalue weighted by Crippen LogP contribution is -2.36. The van der Waals surface area contributed by atoms with Crippen LogP contribution in [-0.4, -0.2) is 16.3 Å². The lowest BCUT2D eigenvalue weighted by molar-refractivity contribution is 0.363. The van der Waals surface area contributed by atoms with Gasteiger partial charge in [0.05, 0.1) is 11.7 Å². The van der Waals surface area contributed by atoms with E-state index in [2.05, 4.69) is 16.5 Å². The maximum Gasteiger partial charge on any atom is 0.0550 e. The minimum Gasteiger partial charge on any atom is -0.309 e. The third-order valence-electron chi connectivity index (χ3n) is 2.04. The highest BCUT2D eigenvalue weighted by Crippen LogP contribution is 2.20. The van der Waals surface area contributed by atoms with Gasteiger partial charge in [0, 0.05) is 13.2 Å². The Bertz CT molecular complexity index is 225. The normalized spacial score (nSPS) is 24.3. The van der Waals surface area contributed by atoms with Crippen molar-refractivity contribution >= 4 is 0 Å². The fourth-order valence-electron chi connectivity index (χ4n) is 1.27. The first-order valence-electron chi connectivity index (χ1n) is 3.59. The Morgan fingerprint density at radius 2 is 2.60 bits per heavy atom. The first-order valence-corrected chi connectivity index (χ1v) is 3.59. The van der Waals surface area contributed by atoms with Crippen LogP contribution in [0.4, 0.5) is 0 Å². The monoisotopic (exact) mass is 137 g/mol. The predicted octanol–water partition coefficient (Wildman–Crippen LogP) is 0.455. The van der Waals surface area contributed by atoms with Gasteiger partial charge in [0.2, 0.25) is 0 Å². The molecule has 0 saturated carbocycles. The van der Waals surface area contributed by atoms with E-state index < -0.39 is 0 Å². The molecule has 0 bridgehead atoms. The topological polar surface area (TPSA) is 29.9 Å². The van der Waals surface area contributed by atoms with Crippen molar-refractivity contribution in [2.75, 3.05) is 6.54 Å². The molecule has 0 spiro atoms. The van der Waals surface area contributed by atoms with Crippen LogP contribution in [0, 0.1) is 0 Å². The molecule has 54 valence electrons. The summed E-state index contributed by atoms with van der Waals surface area (Å²) in [5, 5.41) is 7.42. The largest absolute Gasteiger partial charge is 0.309 e. The molecule has 3 nitrogen and oxygen atoms in total. The van der Waals surface area contributed by atoms with Gasteiger partial charge in [0.25, 0.3) is 0 Å². The maximum atomic E-state index is 4.10. The molecule has 2 heterocycles. The van der Waals surface area contributed by atoms with Crippen LogP contribution in [0.25, 0.3) is 0 Å². The van der Waals surface area contributed by atoms with Crippen molar-refractivity contribution < 1.29 is 0 Å². The SMILES string of the molecule is Cn1nccc1C1CCN1. The molecule has 0 amide bonds. The Morgan fingerprint density at radius 3 is 3.00 bits per heavy atom. The van der Waals surface area contributed by atoms with Crippen LogP contribution in [0.15, 0.2) is 12.3 Å². The second kappa shape index (κ2) is 2.09. The van der Waals surface area contributed by atoms with E-state index >= 15 is 0 Å². The molecule has 1 fully saturated rings. The van der Waals surface area contributed by atoms with Gasteiger partial charge in [-0.25, -0.2) is 0 Å². The van der Waals surface area contributed by atoms with Crippen molar-refractivity contribution in [1.82, 2.24) is 15.1 Å². The number of hydrogen-bond donors (Lipinski definition) is 1. The lowest BCUT2D eigenvalue weighted by Gasteiger charge is -2.27. The smallest absolute Gasteiger partial charge is 0.0550 e. The molecule has 1 aliphatic heterocycles. The lowest BCUT2D eigenvalue weighted by atomic mass is 10.0. The molecular weight excluding hydrogens is 126 g/mol. The van der Waals surface area contributed by atoms with Crippen LogP contribution in [0.2, 0.25) is 0 Å². The zero-order valence-corrected chi connectivity index (χ0v) is 6.04. The summed E-state index contributed by atoms with van der Waals surface area (Å²) in [5.74, 6) is 0. The van der Waals surface area contributed by atoms with Gasteiger partial charge in [-0.3, -0.25) is 4.68 Å². The molecule has 0 aliphatic carbocycles. The molecule has 1 saturated heterocycles. The summed E-state index contributed by atoms with van der Waals surface area (Å²) in [7, 11) is 1.98. The van der Waals surface area contributed by atoms with Crippen LogP contribution in [-0.2, 0) is 7.05 Å². The van der Waals surface area contributed by atoms with Crippen LogP contribution in [0.1, 0.15) is 18.2 Å². The number of aromatic nitrogens is 2. The van der Waals surface area contributed by atoms with Crippen molar-refractivity contribution in [3.05, 3.63) is 18.0 Å². The number of nitrogens with one attached hydrogen (secondary N) is 1. The molecule has 1 aromatic heterocycles. The minimum absolute atomic E-state index is 0.562. The number of hydrogen-bond acceptors (Lipinski definition) is 2. The average molecular weight is 137 g/mol. The molecule has 3 heteroatoms. The van der Waals surface area contributed by atoms with Crippen LogP contribution < -0.4 is 5.32 Å². The molecule has 1 aromatic rings. The summed E-state index contributed by atoms with van der Waals surface area (Å²) in [5.41, 5.74) is 1.30. The molecule has 2 rings (SSSR count). The number of nitrogens with zero attached hydrogens (tertiary/aromatic N) is 2. The maximum absolute atomic E-state index is 4.10. The molecule has 1 atom stereocenters. The third kappa shape index (κ3) is 0.743. The van der Waals surface area contributed by atoms with Crippen LogP contribution in [0.3, 0.4) is 0 Å². The van der Waals surface area contributed by atoms with Crippen molar-refractivity contribution in [3.63, 3.8) is 0 Å². The fourth-order valence-corrected chi connectivity index (χ4v) is 1.27. The van der Waals surface area contributed by atoms with Gasteiger partial charge < -0.3 is 5.32 Å². The van der Waals surface area contributed by atoms with Gasteiger partial charge in [-0.1, -0.05) is 0 Å².